The molecule has 0 spiro atoms. The number of hydrogen-bond acceptors (Lipinski definition) is 5. The zero-order valence-corrected chi connectivity index (χ0v) is 10.8. The normalized spacial score (nSPS) is 16.1. The van der Waals surface area contributed by atoms with Gasteiger partial charge in [0.05, 0.1) is 28.7 Å². The number of rotatable bonds is 3. The largest absolute Gasteiger partial charge is 0.459 e. The second kappa shape index (κ2) is 5.99. The van der Waals surface area contributed by atoms with E-state index < -0.39 is 10.9 Å². The van der Waals surface area contributed by atoms with Crippen molar-refractivity contribution in [1.82, 2.24) is 0 Å². The Labute approximate surface area is 114 Å². The van der Waals surface area contributed by atoms with Crippen LogP contribution in [0.5, 0.6) is 0 Å². The summed E-state index contributed by atoms with van der Waals surface area (Å²) in [6, 6.07) is 3.69. The van der Waals surface area contributed by atoms with E-state index in [1.807, 2.05) is 0 Å². The van der Waals surface area contributed by atoms with Gasteiger partial charge in [-0.2, -0.15) is 0 Å². The summed E-state index contributed by atoms with van der Waals surface area (Å²) in [6.07, 6.45) is 1.02. The molecule has 0 amide bonds. The second-order valence-electron chi connectivity index (χ2n) is 4.14. The fourth-order valence-electron chi connectivity index (χ4n) is 1.79. The molecule has 7 heteroatoms. The fraction of sp³-hybridized carbons (Fsp3) is 0.417. The molecule has 0 unspecified atom stereocenters. The minimum Gasteiger partial charge on any atom is -0.459 e. The Morgan fingerprint density at radius 3 is 2.74 bits per heavy atom. The predicted molar refractivity (Wildman–Crippen MR) is 67.4 cm³/mol. The topological polar surface area (TPSA) is 78.7 Å². The summed E-state index contributed by atoms with van der Waals surface area (Å²) >= 11 is 5.87. The van der Waals surface area contributed by atoms with Crippen molar-refractivity contribution < 1.29 is 19.2 Å². The van der Waals surface area contributed by atoms with Crippen molar-refractivity contribution in [2.45, 2.75) is 18.9 Å². The molecule has 0 bridgehead atoms. The van der Waals surface area contributed by atoms with Crippen molar-refractivity contribution in [2.75, 3.05) is 13.2 Å². The molecule has 0 radical (unpaired) electrons. The van der Waals surface area contributed by atoms with E-state index >= 15 is 0 Å². The zero-order valence-electron chi connectivity index (χ0n) is 10.0. The quantitative estimate of drug-likeness (QED) is 0.484. The molecule has 1 heterocycles. The van der Waals surface area contributed by atoms with Gasteiger partial charge < -0.3 is 9.47 Å². The van der Waals surface area contributed by atoms with Gasteiger partial charge in [0.15, 0.2) is 0 Å². The highest BCUT2D eigenvalue weighted by atomic mass is 35.5. The Morgan fingerprint density at radius 2 is 2.11 bits per heavy atom. The number of ether oxygens (including phenoxy) is 2. The molecule has 1 aliphatic heterocycles. The van der Waals surface area contributed by atoms with Crippen LogP contribution in [0.4, 0.5) is 5.69 Å². The highest BCUT2D eigenvalue weighted by Crippen LogP contribution is 2.24. The molecule has 0 aromatic heterocycles. The van der Waals surface area contributed by atoms with Gasteiger partial charge in [-0.05, 0) is 6.07 Å². The molecule has 1 fully saturated rings. The van der Waals surface area contributed by atoms with Crippen LogP contribution in [-0.2, 0) is 9.47 Å². The Kier molecular flexibility index (Phi) is 4.34. The number of hydrogen-bond donors (Lipinski definition) is 0. The minimum atomic E-state index is -0.638. The van der Waals surface area contributed by atoms with Crippen LogP contribution in [0.15, 0.2) is 18.2 Å². The van der Waals surface area contributed by atoms with E-state index in [9.17, 15) is 14.9 Å². The standard InChI is InChI=1S/C12H12ClNO5/c13-11-2-1-8(14(16)17)7-10(11)12(15)19-9-3-5-18-6-4-9/h1-2,7,9H,3-6H2. The zero-order chi connectivity index (χ0) is 13.8. The summed E-state index contributed by atoms with van der Waals surface area (Å²) in [5, 5.41) is 10.8. The molecule has 1 aromatic carbocycles. The van der Waals surface area contributed by atoms with Crippen LogP contribution in [0.2, 0.25) is 5.02 Å². The summed E-state index contributed by atoms with van der Waals surface area (Å²) in [5.74, 6) is -0.638. The lowest BCUT2D eigenvalue weighted by Gasteiger charge is -2.22. The minimum absolute atomic E-state index is 0.0161. The number of halogens is 1. The number of nitrogens with zero attached hydrogens (tertiary/aromatic N) is 1. The van der Waals surface area contributed by atoms with E-state index in [1.54, 1.807) is 0 Å². The van der Waals surface area contributed by atoms with Crippen LogP contribution < -0.4 is 0 Å². The molecule has 1 aromatic rings. The molecule has 0 atom stereocenters. The van der Waals surface area contributed by atoms with Crippen molar-refractivity contribution in [2.24, 2.45) is 0 Å². The first-order chi connectivity index (χ1) is 9.08. The number of non-ortho nitro benzene ring substituents is 1. The first-order valence-corrected chi connectivity index (χ1v) is 6.18. The van der Waals surface area contributed by atoms with Crippen LogP contribution in [0, 0.1) is 10.1 Å². The van der Waals surface area contributed by atoms with Crippen molar-refractivity contribution >= 4 is 23.3 Å². The molecule has 0 saturated carbocycles. The van der Waals surface area contributed by atoms with Gasteiger partial charge in [-0.1, -0.05) is 11.6 Å². The number of nitro benzene ring substituents is 1. The van der Waals surface area contributed by atoms with Gasteiger partial charge in [-0.15, -0.1) is 0 Å². The molecule has 1 saturated heterocycles. The Morgan fingerprint density at radius 1 is 1.42 bits per heavy atom. The molecular weight excluding hydrogens is 274 g/mol. The fourth-order valence-corrected chi connectivity index (χ4v) is 1.99. The lowest BCUT2D eigenvalue weighted by molar-refractivity contribution is -0.384. The summed E-state index contributed by atoms with van der Waals surface area (Å²) < 4.78 is 10.4. The van der Waals surface area contributed by atoms with E-state index in [0.717, 1.165) is 6.07 Å². The first kappa shape index (κ1) is 13.8. The van der Waals surface area contributed by atoms with Crippen molar-refractivity contribution in [3.05, 3.63) is 38.9 Å². The van der Waals surface area contributed by atoms with Gasteiger partial charge in [-0.25, -0.2) is 4.79 Å². The number of carbonyl (C=O) groups is 1. The third-order valence-corrected chi connectivity index (χ3v) is 3.15. The van der Waals surface area contributed by atoms with Crippen molar-refractivity contribution in [1.29, 1.82) is 0 Å². The van der Waals surface area contributed by atoms with Gasteiger partial charge in [0.25, 0.3) is 5.69 Å². The third-order valence-electron chi connectivity index (χ3n) is 2.82. The van der Waals surface area contributed by atoms with Crippen LogP contribution in [0.25, 0.3) is 0 Å². The SMILES string of the molecule is O=C(OC1CCOCC1)c1cc([N+](=O)[O-])ccc1Cl. The predicted octanol–water partition coefficient (Wildman–Crippen LogP) is 2.58. The third kappa shape index (κ3) is 3.42. The van der Waals surface area contributed by atoms with Gasteiger partial charge in [0.1, 0.15) is 6.10 Å². The maximum atomic E-state index is 11.9. The Hall–Kier alpha value is -1.66. The number of benzene rings is 1. The number of esters is 1. The van der Waals surface area contributed by atoms with E-state index in [0.29, 0.717) is 26.1 Å². The average molecular weight is 286 g/mol. The molecular formula is C12H12ClNO5. The maximum absolute atomic E-state index is 11.9. The van der Waals surface area contributed by atoms with Gasteiger partial charge in [-0.3, -0.25) is 10.1 Å². The summed E-state index contributed by atoms with van der Waals surface area (Å²) in [6.45, 7) is 1.08. The van der Waals surface area contributed by atoms with Crippen LogP contribution in [-0.4, -0.2) is 30.2 Å². The molecule has 1 aliphatic rings. The lowest BCUT2D eigenvalue weighted by atomic mass is 10.1. The van der Waals surface area contributed by atoms with E-state index in [-0.39, 0.29) is 22.4 Å². The Balaban J connectivity index is 2.13. The number of carbonyl (C=O) groups excluding carboxylic acids is 1. The van der Waals surface area contributed by atoms with Gasteiger partial charge in [0.2, 0.25) is 0 Å². The van der Waals surface area contributed by atoms with Crippen molar-refractivity contribution in [3.63, 3.8) is 0 Å². The van der Waals surface area contributed by atoms with Crippen molar-refractivity contribution in [3.8, 4) is 0 Å². The average Bonchev–Trinajstić information content (AvgIpc) is 2.40. The van der Waals surface area contributed by atoms with Crippen LogP contribution in [0.1, 0.15) is 23.2 Å². The highest BCUT2D eigenvalue weighted by molar-refractivity contribution is 6.33. The molecule has 6 nitrogen and oxygen atoms in total. The lowest BCUT2D eigenvalue weighted by Crippen LogP contribution is -2.26. The maximum Gasteiger partial charge on any atom is 0.340 e. The monoisotopic (exact) mass is 285 g/mol. The summed E-state index contributed by atoms with van der Waals surface area (Å²) in [5.41, 5.74) is -0.175. The molecule has 102 valence electrons. The van der Waals surface area contributed by atoms with E-state index in [1.165, 1.54) is 12.1 Å². The Bertz CT molecular complexity index is 499. The highest BCUT2D eigenvalue weighted by Gasteiger charge is 2.22. The summed E-state index contributed by atoms with van der Waals surface area (Å²) in [4.78, 5) is 22.0. The molecule has 19 heavy (non-hydrogen) atoms. The first-order valence-electron chi connectivity index (χ1n) is 5.80. The van der Waals surface area contributed by atoms with Crippen LogP contribution >= 0.6 is 11.6 Å². The van der Waals surface area contributed by atoms with E-state index in [2.05, 4.69) is 0 Å². The smallest absolute Gasteiger partial charge is 0.340 e. The van der Waals surface area contributed by atoms with Crippen LogP contribution in [0.3, 0.4) is 0 Å². The summed E-state index contributed by atoms with van der Waals surface area (Å²) in [7, 11) is 0. The van der Waals surface area contributed by atoms with E-state index in [4.69, 9.17) is 21.1 Å². The van der Waals surface area contributed by atoms with Gasteiger partial charge in [0, 0.05) is 25.0 Å². The molecule has 0 N–H and O–H groups in total. The van der Waals surface area contributed by atoms with Gasteiger partial charge >= 0.3 is 5.97 Å². The number of nitro groups is 1. The molecule has 2 rings (SSSR count). The second-order valence-corrected chi connectivity index (χ2v) is 4.55. The molecule has 0 aliphatic carbocycles.